The first-order chi connectivity index (χ1) is 10.2. The smallest absolute Gasteiger partial charge is 0.247 e. The van der Waals surface area contributed by atoms with Crippen molar-refractivity contribution in [3.8, 4) is 0 Å². The van der Waals surface area contributed by atoms with Crippen LogP contribution in [0.4, 0.5) is 10.1 Å². The van der Waals surface area contributed by atoms with Crippen molar-refractivity contribution >= 4 is 11.6 Å². The van der Waals surface area contributed by atoms with Gasteiger partial charge in [0.1, 0.15) is 11.4 Å². The lowest BCUT2D eigenvalue weighted by molar-refractivity contribution is -0.125. The predicted molar refractivity (Wildman–Crippen MR) is 79.3 cm³/mol. The number of amides is 1. The molecule has 2 saturated heterocycles. The minimum atomic E-state index is -0.497. The molecule has 3 rings (SSSR count). The molecule has 0 bridgehead atoms. The van der Waals surface area contributed by atoms with E-state index >= 15 is 0 Å². The SMILES string of the molecule is NCCN1CCC2(CC1)C(=O)NCN2c1ccc(F)cc1. The van der Waals surface area contributed by atoms with Gasteiger partial charge in [-0.25, -0.2) is 4.39 Å². The van der Waals surface area contributed by atoms with Crippen molar-refractivity contribution in [2.24, 2.45) is 5.73 Å². The van der Waals surface area contributed by atoms with Crippen molar-refractivity contribution in [2.75, 3.05) is 37.7 Å². The lowest BCUT2D eigenvalue weighted by atomic mass is 9.85. The van der Waals surface area contributed by atoms with Crippen LogP contribution in [0.15, 0.2) is 24.3 Å². The molecule has 114 valence electrons. The summed E-state index contributed by atoms with van der Waals surface area (Å²) in [6.07, 6.45) is 1.55. The Hall–Kier alpha value is -1.66. The van der Waals surface area contributed by atoms with Gasteiger partial charge in [0.05, 0.1) is 6.67 Å². The molecular weight excluding hydrogens is 271 g/mol. The summed E-state index contributed by atoms with van der Waals surface area (Å²) in [6.45, 7) is 3.72. The fraction of sp³-hybridized carbons (Fsp3) is 0.533. The van der Waals surface area contributed by atoms with Crippen LogP contribution >= 0.6 is 0 Å². The van der Waals surface area contributed by atoms with E-state index in [0.29, 0.717) is 13.2 Å². The molecule has 3 N–H and O–H groups in total. The van der Waals surface area contributed by atoms with Crippen LogP contribution in [-0.4, -0.2) is 49.2 Å². The quantitative estimate of drug-likeness (QED) is 0.852. The summed E-state index contributed by atoms with van der Waals surface area (Å²) in [4.78, 5) is 16.8. The monoisotopic (exact) mass is 292 g/mol. The molecule has 0 aromatic heterocycles. The third-order valence-electron chi connectivity index (χ3n) is 4.60. The number of piperidine rings is 1. The molecule has 6 heteroatoms. The molecule has 0 unspecified atom stereocenters. The number of likely N-dealkylation sites (tertiary alicyclic amines) is 1. The second-order valence-corrected chi connectivity index (χ2v) is 5.73. The summed E-state index contributed by atoms with van der Waals surface area (Å²) >= 11 is 0. The Bertz CT molecular complexity index is 511. The van der Waals surface area contributed by atoms with E-state index in [1.807, 2.05) is 0 Å². The number of benzene rings is 1. The minimum Gasteiger partial charge on any atom is -0.339 e. The van der Waals surface area contributed by atoms with Crippen LogP contribution < -0.4 is 16.0 Å². The maximum atomic E-state index is 13.1. The van der Waals surface area contributed by atoms with Gasteiger partial charge < -0.3 is 20.9 Å². The van der Waals surface area contributed by atoms with Crippen molar-refractivity contribution in [3.63, 3.8) is 0 Å². The maximum Gasteiger partial charge on any atom is 0.247 e. The van der Waals surface area contributed by atoms with Gasteiger partial charge in [0.25, 0.3) is 0 Å². The normalized spacial score (nSPS) is 21.8. The zero-order chi connectivity index (χ0) is 14.9. The van der Waals surface area contributed by atoms with E-state index in [0.717, 1.165) is 38.2 Å². The molecule has 5 nitrogen and oxygen atoms in total. The summed E-state index contributed by atoms with van der Waals surface area (Å²) in [6, 6.07) is 6.36. The minimum absolute atomic E-state index is 0.0826. The second kappa shape index (κ2) is 5.61. The molecule has 0 saturated carbocycles. The van der Waals surface area contributed by atoms with E-state index in [2.05, 4.69) is 15.1 Å². The van der Waals surface area contributed by atoms with Crippen molar-refractivity contribution in [3.05, 3.63) is 30.1 Å². The Balaban J connectivity index is 1.81. The molecule has 1 aromatic rings. The number of anilines is 1. The van der Waals surface area contributed by atoms with Crippen molar-refractivity contribution < 1.29 is 9.18 Å². The van der Waals surface area contributed by atoms with Gasteiger partial charge in [-0.1, -0.05) is 0 Å². The van der Waals surface area contributed by atoms with Gasteiger partial charge in [-0.05, 0) is 37.1 Å². The predicted octanol–water partition coefficient (Wildman–Crippen LogP) is 0.513. The first kappa shape index (κ1) is 14.3. The molecule has 0 atom stereocenters. The molecule has 0 aliphatic carbocycles. The first-order valence-corrected chi connectivity index (χ1v) is 7.40. The highest BCUT2D eigenvalue weighted by molar-refractivity contribution is 5.93. The summed E-state index contributed by atoms with van der Waals surface area (Å²) in [5.74, 6) is -0.178. The van der Waals surface area contributed by atoms with Gasteiger partial charge >= 0.3 is 0 Å². The van der Waals surface area contributed by atoms with Gasteiger partial charge in [0.2, 0.25) is 5.91 Å². The highest BCUT2D eigenvalue weighted by atomic mass is 19.1. The van der Waals surface area contributed by atoms with Crippen LogP contribution in [0.1, 0.15) is 12.8 Å². The van der Waals surface area contributed by atoms with E-state index in [-0.39, 0.29) is 11.7 Å². The molecule has 2 heterocycles. The van der Waals surface area contributed by atoms with Crippen LogP contribution in [0.25, 0.3) is 0 Å². The number of carbonyl (C=O) groups excluding carboxylic acids is 1. The Labute approximate surface area is 123 Å². The highest BCUT2D eigenvalue weighted by Crippen LogP contribution is 2.36. The number of carbonyl (C=O) groups is 1. The largest absolute Gasteiger partial charge is 0.339 e. The fourth-order valence-electron chi connectivity index (χ4n) is 3.37. The van der Waals surface area contributed by atoms with Crippen LogP contribution in [0.2, 0.25) is 0 Å². The lowest BCUT2D eigenvalue weighted by Crippen LogP contribution is -2.56. The lowest BCUT2D eigenvalue weighted by Gasteiger charge is -2.43. The topological polar surface area (TPSA) is 61.6 Å². The Kier molecular flexibility index (Phi) is 3.82. The van der Waals surface area contributed by atoms with Gasteiger partial charge in [-0.2, -0.15) is 0 Å². The number of halogens is 1. The van der Waals surface area contributed by atoms with Crippen molar-refractivity contribution in [1.82, 2.24) is 10.2 Å². The number of rotatable bonds is 3. The van der Waals surface area contributed by atoms with Crippen molar-refractivity contribution in [1.29, 1.82) is 0 Å². The molecule has 1 amide bonds. The van der Waals surface area contributed by atoms with Crippen LogP contribution in [0.5, 0.6) is 0 Å². The number of nitrogens with one attached hydrogen (secondary N) is 1. The third kappa shape index (κ3) is 2.49. The zero-order valence-corrected chi connectivity index (χ0v) is 12.0. The first-order valence-electron chi connectivity index (χ1n) is 7.40. The highest BCUT2D eigenvalue weighted by Gasteiger charge is 2.50. The second-order valence-electron chi connectivity index (χ2n) is 5.73. The summed E-state index contributed by atoms with van der Waals surface area (Å²) < 4.78 is 13.1. The standard InChI is InChI=1S/C15H21FN4O/c16-12-1-3-13(4-2-12)20-11-18-14(21)15(20)5-8-19(9-6-15)10-7-17/h1-4H,5-11,17H2,(H,18,21). The summed E-state index contributed by atoms with van der Waals surface area (Å²) in [5.41, 5.74) is 5.99. The van der Waals surface area contributed by atoms with Gasteiger partial charge in [0.15, 0.2) is 0 Å². The number of hydrogen-bond donors (Lipinski definition) is 2. The fourth-order valence-corrected chi connectivity index (χ4v) is 3.37. The van der Waals surface area contributed by atoms with E-state index in [9.17, 15) is 9.18 Å². The zero-order valence-electron chi connectivity index (χ0n) is 12.0. The molecule has 2 aliphatic heterocycles. The molecule has 1 aromatic carbocycles. The Morgan fingerprint density at radius 1 is 1.24 bits per heavy atom. The summed E-state index contributed by atoms with van der Waals surface area (Å²) in [7, 11) is 0. The van der Waals surface area contributed by atoms with Crippen LogP contribution in [0, 0.1) is 5.82 Å². The average molecular weight is 292 g/mol. The molecule has 2 aliphatic rings. The third-order valence-corrected chi connectivity index (χ3v) is 4.60. The van der Waals surface area contributed by atoms with E-state index in [1.165, 1.54) is 12.1 Å². The maximum absolute atomic E-state index is 13.1. The Morgan fingerprint density at radius 3 is 2.52 bits per heavy atom. The van der Waals surface area contributed by atoms with Crippen LogP contribution in [-0.2, 0) is 4.79 Å². The number of nitrogens with two attached hydrogens (primary N) is 1. The molecular formula is C15H21FN4O. The van der Waals surface area contributed by atoms with Gasteiger partial charge in [-0.15, -0.1) is 0 Å². The van der Waals surface area contributed by atoms with E-state index in [1.54, 1.807) is 12.1 Å². The van der Waals surface area contributed by atoms with E-state index in [4.69, 9.17) is 5.73 Å². The molecule has 21 heavy (non-hydrogen) atoms. The van der Waals surface area contributed by atoms with Crippen molar-refractivity contribution in [2.45, 2.75) is 18.4 Å². The summed E-state index contributed by atoms with van der Waals surface area (Å²) in [5, 5.41) is 2.94. The molecule has 1 spiro atoms. The molecule has 0 radical (unpaired) electrons. The molecule has 2 fully saturated rings. The average Bonchev–Trinajstić information content (AvgIpc) is 2.80. The number of nitrogens with zero attached hydrogens (tertiary/aromatic N) is 2. The van der Waals surface area contributed by atoms with Gasteiger partial charge in [-0.3, -0.25) is 4.79 Å². The number of hydrogen-bond acceptors (Lipinski definition) is 4. The Morgan fingerprint density at radius 2 is 1.90 bits per heavy atom. The van der Waals surface area contributed by atoms with Gasteiger partial charge in [0, 0.05) is 31.9 Å². The van der Waals surface area contributed by atoms with Crippen LogP contribution in [0.3, 0.4) is 0 Å². The van der Waals surface area contributed by atoms with E-state index < -0.39 is 5.54 Å².